The number of hydrogen-bond acceptors (Lipinski definition) is 5. The number of carbonyl (C=O) groups is 2. The molecule has 2 rings (SSSR count). The Labute approximate surface area is 145 Å². The number of rotatable bonds is 6. The van der Waals surface area contributed by atoms with E-state index in [1.165, 1.54) is 6.07 Å². The van der Waals surface area contributed by atoms with Gasteiger partial charge in [-0.3, -0.25) is 14.4 Å². The molecule has 1 aliphatic heterocycles. The predicted octanol–water partition coefficient (Wildman–Crippen LogP) is 0.999. The fourth-order valence-electron chi connectivity index (χ4n) is 2.97. The van der Waals surface area contributed by atoms with Crippen molar-refractivity contribution in [1.82, 2.24) is 10.8 Å². The summed E-state index contributed by atoms with van der Waals surface area (Å²) in [6.07, 6.45) is -0.145. The second kappa shape index (κ2) is 7.90. The molecule has 1 aromatic carbocycles. The van der Waals surface area contributed by atoms with Gasteiger partial charge in [0.25, 0.3) is 5.91 Å². The van der Waals surface area contributed by atoms with Crippen LogP contribution in [0.25, 0.3) is 0 Å². The van der Waals surface area contributed by atoms with Crippen LogP contribution in [0.4, 0.5) is 4.39 Å². The van der Waals surface area contributed by atoms with Crippen molar-refractivity contribution >= 4 is 11.9 Å². The SMILES string of the molecule is CC(C)C1ONC(C)C1c1cc(F)cc(C(=O)NC[C@@H](N)C(=O)O)c1. The van der Waals surface area contributed by atoms with Crippen LogP contribution in [-0.4, -0.2) is 41.7 Å². The molecule has 7 nitrogen and oxygen atoms in total. The first-order valence-corrected chi connectivity index (χ1v) is 8.19. The van der Waals surface area contributed by atoms with Crippen LogP contribution in [-0.2, 0) is 9.63 Å². The molecule has 138 valence electrons. The Balaban J connectivity index is 2.22. The van der Waals surface area contributed by atoms with Crippen LogP contribution in [0.2, 0.25) is 0 Å². The third kappa shape index (κ3) is 4.53. The molecule has 0 aromatic heterocycles. The molecular weight excluding hydrogens is 329 g/mol. The Kier molecular flexibility index (Phi) is 6.10. The molecule has 0 saturated carbocycles. The lowest BCUT2D eigenvalue weighted by atomic mass is 9.83. The number of carbonyl (C=O) groups excluding carboxylic acids is 1. The molecule has 0 radical (unpaired) electrons. The maximum atomic E-state index is 14.1. The fraction of sp³-hybridized carbons (Fsp3) is 0.529. The Morgan fingerprint density at radius 3 is 2.68 bits per heavy atom. The van der Waals surface area contributed by atoms with Gasteiger partial charge in [-0.2, -0.15) is 5.48 Å². The van der Waals surface area contributed by atoms with E-state index in [1.54, 1.807) is 6.07 Å². The van der Waals surface area contributed by atoms with Gasteiger partial charge in [0.1, 0.15) is 11.9 Å². The number of benzene rings is 1. The molecule has 25 heavy (non-hydrogen) atoms. The minimum absolute atomic E-state index is 0.0365. The lowest BCUT2D eigenvalue weighted by Crippen LogP contribution is -2.42. The fourth-order valence-corrected chi connectivity index (χ4v) is 2.97. The van der Waals surface area contributed by atoms with Gasteiger partial charge < -0.3 is 16.2 Å². The summed E-state index contributed by atoms with van der Waals surface area (Å²) < 4.78 is 14.1. The van der Waals surface area contributed by atoms with E-state index < -0.39 is 23.7 Å². The van der Waals surface area contributed by atoms with Gasteiger partial charge in [-0.1, -0.05) is 13.8 Å². The van der Waals surface area contributed by atoms with Gasteiger partial charge in [-0.05, 0) is 36.6 Å². The average Bonchev–Trinajstić information content (AvgIpc) is 2.93. The molecule has 4 atom stereocenters. The zero-order valence-electron chi connectivity index (χ0n) is 14.5. The highest BCUT2D eigenvalue weighted by Crippen LogP contribution is 2.34. The van der Waals surface area contributed by atoms with E-state index in [0.717, 1.165) is 6.07 Å². The zero-order chi connectivity index (χ0) is 18.7. The van der Waals surface area contributed by atoms with Crippen molar-refractivity contribution in [2.24, 2.45) is 11.7 Å². The molecule has 1 saturated heterocycles. The van der Waals surface area contributed by atoms with Crippen LogP contribution in [0.5, 0.6) is 0 Å². The highest BCUT2D eigenvalue weighted by Gasteiger charge is 2.38. The summed E-state index contributed by atoms with van der Waals surface area (Å²) >= 11 is 0. The molecule has 1 aliphatic rings. The number of carboxylic acid groups (broad SMARTS) is 1. The lowest BCUT2D eigenvalue weighted by Gasteiger charge is -2.23. The van der Waals surface area contributed by atoms with Crippen molar-refractivity contribution in [2.45, 2.75) is 44.9 Å². The molecule has 0 aliphatic carbocycles. The monoisotopic (exact) mass is 353 g/mol. The van der Waals surface area contributed by atoms with Crippen molar-refractivity contribution in [2.75, 3.05) is 6.54 Å². The van der Waals surface area contributed by atoms with E-state index in [9.17, 15) is 14.0 Å². The number of halogens is 1. The van der Waals surface area contributed by atoms with Crippen LogP contribution in [0.15, 0.2) is 18.2 Å². The maximum Gasteiger partial charge on any atom is 0.322 e. The molecule has 1 amide bonds. The summed E-state index contributed by atoms with van der Waals surface area (Å²) in [5, 5.41) is 11.2. The summed E-state index contributed by atoms with van der Waals surface area (Å²) in [5.74, 6) is -2.23. The molecule has 0 bridgehead atoms. The van der Waals surface area contributed by atoms with E-state index >= 15 is 0 Å². The number of amides is 1. The molecular formula is C17H24FN3O4. The van der Waals surface area contributed by atoms with Gasteiger partial charge in [-0.15, -0.1) is 0 Å². The topological polar surface area (TPSA) is 114 Å². The highest BCUT2D eigenvalue weighted by molar-refractivity contribution is 5.94. The summed E-state index contributed by atoms with van der Waals surface area (Å²) in [6.45, 7) is 5.72. The lowest BCUT2D eigenvalue weighted by molar-refractivity contribution is -0.138. The van der Waals surface area contributed by atoms with Gasteiger partial charge in [0, 0.05) is 24.1 Å². The molecule has 8 heteroatoms. The van der Waals surface area contributed by atoms with E-state index in [0.29, 0.717) is 5.56 Å². The second-order valence-electron chi connectivity index (χ2n) is 6.69. The van der Waals surface area contributed by atoms with E-state index in [-0.39, 0.29) is 36.1 Å². The van der Waals surface area contributed by atoms with Gasteiger partial charge in [0.15, 0.2) is 0 Å². The summed E-state index contributed by atoms with van der Waals surface area (Å²) in [6, 6.07) is 2.87. The van der Waals surface area contributed by atoms with E-state index in [4.69, 9.17) is 15.7 Å². The van der Waals surface area contributed by atoms with Gasteiger partial charge >= 0.3 is 5.97 Å². The van der Waals surface area contributed by atoms with Crippen molar-refractivity contribution in [3.8, 4) is 0 Å². The standard InChI is InChI=1S/C17H24FN3O4/c1-8(2)15-14(9(3)21-25-15)10-4-11(6-12(18)5-10)16(22)20-7-13(19)17(23)24/h4-6,8-9,13-15,21H,7,19H2,1-3H3,(H,20,22)(H,23,24)/t9?,13-,14?,15?/m1/s1. The third-order valence-electron chi connectivity index (χ3n) is 4.31. The molecule has 3 unspecified atom stereocenters. The van der Waals surface area contributed by atoms with Crippen LogP contribution in [0.3, 0.4) is 0 Å². The normalized spacial score (nSPS) is 24.3. The first-order valence-electron chi connectivity index (χ1n) is 8.19. The maximum absolute atomic E-state index is 14.1. The minimum atomic E-state index is -1.22. The van der Waals surface area contributed by atoms with Crippen LogP contribution in [0, 0.1) is 11.7 Å². The molecule has 1 aromatic rings. The quantitative estimate of drug-likeness (QED) is 0.607. The van der Waals surface area contributed by atoms with Crippen molar-refractivity contribution in [3.05, 3.63) is 35.1 Å². The Morgan fingerprint density at radius 1 is 1.40 bits per heavy atom. The first kappa shape index (κ1) is 19.3. The Hall–Kier alpha value is -2.03. The molecule has 5 N–H and O–H groups in total. The first-order chi connectivity index (χ1) is 11.7. The summed E-state index contributed by atoms with van der Waals surface area (Å²) in [7, 11) is 0. The highest BCUT2D eigenvalue weighted by atomic mass is 19.1. The minimum Gasteiger partial charge on any atom is -0.480 e. The predicted molar refractivity (Wildman–Crippen MR) is 89.4 cm³/mol. The largest absolute Gasteiger partial charge is 0.480 e. The van der Waals surface area contributed by atoms with Gasteiger partial charge in [0.05, 0.1) is 6.10 Å². The number of hydrogen-bond donors (Lipinski definition) is 4. The van der Waals surface area contributed by atoms with Crippen molar-refractivity contribution < 1.29 is 23.9 Å². The van der Waals surface area contributed by atoms with Crippen LogP contribution in [0.1, 0.15) is 42.6 Å². The van der Waals surface area contributed by atoms with E-state index in [2.05, 4.69) is 10.8 Å². The number of hydroxylamine groups is 1. The zero-order valence-corrected chi connectivity index (χ0v) is 14.5. The molecule has 0 spiro atoms. The second-order valence-corrected chi connectivity index (χ2v) is 6.69. The van der Waals surface area contributed by atoms with Crippen molar-refractivity contribution in [3.63, 3.8) is 0 Å². The molecule has 1 fully saturated rings. The Morgan fingerprint density at radius 2 is 2.08 bits per heavy atom. The smallest absolute Gasteiger partial charge is 0.322 e. The van der Waals surface area contributed by atoms with Crippen LogP contribution >= 0.6 is 0 Å². The number of aliphatic carboxylic acids is 1. The summed E-state index contributed by atoms with van der Waals surface area (Å²) in [5.41, 5.74) is 9.05. The third-order valence-corrected chi connectivity index (χ3v) is 4.31. The van der Waals surface area contributed by atoms with Crippen molar-refractivity contribution in [1.29, 1.82) is 0 Å². The number of carboxylic acids is 1. The number of nitrogens with two attached hydrogens (primary N) is 1. The average molecular weight is 353 g/mol. The van der Waals surface area contributed by atoms with Crippen LogP contribution < -0.4 is 16.5 Å². The Bertz CT molecular complexity index is 653. The molecule has 1 heterocycles. The summed E-state index contributed by atoms with van der Waals surface area (Å²) in [4.78, 5) is 28.5. The van der Waals surface area contributed by atoms with Gasteiger partial charge in [-0.25, -0.2) is 4.39 Å². The van der Waals surface area contributed by atoms with E-state index in [1.807, 2.05) is 20.8 Å². The number of nitrogens with one attached hydrogen (secondary N) is 2. The van der Waals surface area contributed by atoms with Gasteiger partial charge in [0.2, 0.25) is 0 Å².